The van der Waals surface area contributed by atoms with Gasteiger partial charge in [-0.25, -0.2) is 4.79 Å². The van der Waals surface area contributed by atoms with Gasteiger partial charge in [0.2, 0.25) is 5.89 Å². The van der Waals surface area contributed by atoms with Gasteiger partial charge >= 0.3 is 12.0 Å². The van der Waals surface area contributed by atoms with E-state index in [0.717, 1.165) is 5.56 Å². The monoisotopic (exact) mass is 408 g/mol. The van der Waals surface area contributed by atoms with E-state index in [-0.39, 0.29) is 11.9 Å². The molecular formula is C17H11Cl3N4O2. The quantitative estimate of drug-likeness (QED) is 0.567. The largest absolute Gasteiger partial charge is 0.404 e. The van der Waals surface area contributed by atoms with Crippen LogP contribution in [0.25, 0.3) is 12.2 Å². The van der Waals surface area contributed by atoms with Gasteiger partial charge in [0.05, 0.1) is 10.0 Å². The van der Waals surface area contributed by atoms with Crippen LogP contribution in [0, 0.1) is 0 Å². The summed E-state index contributed by atoms with van der Waals surface area (Å²) < 4.78 is 5.33. The molecule has 0 saturated carbocycles. The van der Waals surface area contributed by atoms with Crippen LogP contribution in [0.15, 0.2) is 46.9 Å². The molecule has 9 heteroatoms. The van der Waals surface area contributed by atoms with Crippen molar-refractivity contribution >= 4 is 64.7 Å². The molecule has 1 aromatic heterocycles. The van der Waals surface area contributed by atoms with E-state index in [1.807, 2.05) is 0 Å². The summed E-state index contributed by atoms with van der Waals surface area (Å²) in [7, 11) is 0. The second-order valence-electron chi connectivity index (χ2n) is 5.04. The number of nitrogens with zero attached hydrogens (tertiary/aromatic N) is 2. The van der Waals surface area contributed by atoms with E-state index in [9.17, 15) is 4.79 Å². The van der Waals surface area contributed by atoms with Crippen molar-refractivity contribution in [2.24, 2.45) is 0 Å². The van der Waals surface area contributed by atoms with Crippen LogP contribution in [0.3, 0.4) is 0 Å². The molecule has 0 aliphatic rings. The third-order valence-corrected chi connectivity index (χ3v) is 4.12. The molecule has 0 fully saturated rings. The van der Waals surface area contributed by atoms with Crippen LogP contribution in [0.1, 0.15) is 11.5 Å². The number of amides is 2. The van der Waals surface area contributed by atoms with Crippen LogP contribution in [0.4, 0.5) is 16.5 Å². The van der Waals surface area contributed by atoms with Gasteiger partial charge in [0.1, 0.15) is 0 Å². The number of rotatable bonds is 4. The highest BCUT2D eigenvalue weighted by molar-refractivity contribution is 6.42. The van der Waals surface area contributed by atoms with E-state index in [4.69, 9.17) is 39.2 Å². The van der Waals surface area contributed by atoms with Crippen LogP contribution in [-0.4, -0.2) is 16.2 Å². The number of carbonyl (C=O) groups is 1. The first-order chi connectivity index (χ1) is 12.5. The number of carbonyl (C=O) groups excluding carboxylic acids is 1. The molecule has 26 heavy (non-hydrogen) atoms. The number of halogens is 3. The number of urea groups is 1. The first-order valence-corrected chi connectivity index (χ1v) is 8.43. The normalized spacial score (nSPS) is 10.9. The molecule has 0 aliphatic carbocycles. The Hall–Kier alpha value is -2.54. The van der Waals surface area contributed by atoms with Gasteiger partial charge in [0, 0.05) is 16.8 Å². The first-order valence-electron chi connectivity index (χ1n) is 7.30. The Morgan fingerprint density at radius 3 is 2.42 bits per heavy atom. The highest BCUT2D eigenvalue weighted by atomic mass is 35.5. The molecule has 2 aromatic carbocycles. The Balaban J connectivity index is 1.60. The van der Waals surface area contributed by atoms with Gasteiger partial charge < -0.3 is 9.73 Å². The van der Waals surface area contributed by atoms with Crippen LogP contribution in [0.5, 0.6) is 0 Å². The molecule has 3 aromatic rings. The lowest BCUT2D eigenvalue weighted by Gasteiger charge is -2.04. The Morgan fingerprint density at radius 2 is 1.69 bits per heavy atom. The predicted molar refractivity (Wildman–Crippen MR) is 104 cm³/mol. The van der Waals surface area contributed by atoms with Crippen LogP contribution < -0.4 is 10.6 Å². The summed E-state index contributed by atoms with van der Waals surface area (Å²) in [6, 6.07) is 11.3. The standard InChI is InChI=1S/C17H11Cl3N4O2/c18-11-3-5-12(6-4-11)21-16(25)22-17-24-23-15(26-17)8-2-10-1-7-13(19)14(20)9-10/h1-9H,(H2,21,22,24,25)/b8-2+. The molecule has 2 N–H and O–H groups in total. The minimum absolute atomic E-state index is 0.0368. The molecule has 0 spiro atoms. The van der Waals surface area contributed by atoms with Gasteiger partial charge in [0.25, 0.3) is 0 Å². The minimum atomic E-state index is -0.518. The number of aromatic nitrogens is 2. The van der Waals surface area contributed by atoms with Gasteiger partial charge in [-0.15, -0.1) is 5.10 Å². The van der Waals surface area contributed by atoms with Gasteiger partial charge in [-0.05, 0) is 48.0 Å². The third-order valence-electron chi connectivity index (χ3n) is 3.13. The predicted octanol–water partition coefficient (Wildman–Crippen LogP) is 5.84. The molecule has 0 radical (unpaired) electrons. The van der Waals surface area contributed by atoms with E-state index in [1.165, 1.54) is 0 Å². The molecule has 2 amide bonds. The second kappa shape index (κ2) is 8.23. The zero-order valence-electron chi connectivity index (χ0n) is 13.0. The Labute approximate surface area is 163 Å². The van der Waals surface area contributed by atoms with Crippen molar-refractivity contribution in [2.75, 3.05) is 10.6 Å². The number of benzene rings is 2. The number of hydrogen-bond acceptors (Lipinski definition) is 4. The summed E-state index contributed by atoms with van der Waals surface area (Å²) in [5.74, 6) is 0.220. The first kappa shape index (κ1) is 18.3. The van der Waals surface area contributed by atoms with Crippen LogP contribution in [-0.2, 0) is 0 Å². The molecule has 132 valence electrons. The van der Waals surface area contributed by atoms with E-state index in [1.54, 1.807) is 54.6 Å². The SMILES string of the molecule is O=C(Nc1ccc(Cl)cc1)Nc1nnc(/C=C/c2ccc(Cl)c(Cl)c2)o1. The van der Waals surface area contributed by atoms with Crippen molar-refractivity contribution in [1.82, 2.24) is 10.2 Å². The molecule has 0 bridgehead atoms. The van der Waals surface area contributed by atoms with Crippen molar-refractivity contribution < 1.29 is 9.21 Å². The summed E-state index contributed by atoms with van der Waals surface area (Å²) in [4.78, 5) is 11.9. The van der Waals surface area contributed by atoms with Crippen molar-refractivity contribution in [3.63, 3.8) is 0 Å². The summed E-state index contributed by atoms with van der Waals surface area (Å²) in [6.07, 6.45) is 3.32. The number of nitrogens with one attached hydrogen (secondary N) is 2. The van der Waals surface area contributed by atoms with Crippen molar-refractivity contribution in [1.29, 1.82) is 0 Å². The Bertz CT molecular complexity index is 955. The van der Waals surface area contributed by atoms with Crippen LogP contribution >= 0.6 is 34.8 Å². The molecule has 6 nitrogen and oxygen atoms in total. The smallest absolute Gasteiger partial charge is 0.327 e. The Kier molecular flexibility index (Phi) is 5.78. The average molecular weight is 410 g/mol. The van der Waals surface area contributed by atoms with Gasteiger partial charge in [-0.2, -0.15) is 0 Å². The van der Waals surface area contributed by atoms with E-state index in [2.05, 4.69) is 20.8 Å². The molecule has 0 unspecified atom stereocenters. The third kappa shape index (κ3) is 4.98. The number of hydrogen-bond donors (Lipinski definition) is 2. The summed E-state index contributed by atoms with van der Waals surface area (Å²) >= 11 is 17.6. The maximum atomic E-state index is 11.9. The van der Waals surface area contributed by atoms with E-state index in [0.29, 0.717) is 20.8 Å². The van der Waals surface area contributed by atoms with Crippen molar-refractivity contribution in [2.45, 2.75) is 0 Å². The maximum absolute atomic E-state index is 11.9. The Morgan fingerprint density at radius 1 is 0.923 bits per heavy atom. The van der Waals surface area contributed by atoms with Crippen LogP contribution in [0.2, 0.25) is 15.1 Å². The zero-order chi connectivity index (χ0) is 18.5. The van der Waals surface area contributed by atoms with E-state index < -0.39 is 6.03 Å². The maximum Gasteiger partial charge on any atom is 0.327 e. The van der Waals surface area contributed by atoms with Crippen molar-refractivity contribution in [3.8, 4) is 0 Å². The summed E-state index contributed by atoms with van der Waals surface area (Å²) in [6.45, 7) is 0. The fourth-order valence-corrected chi connectivity index (χ4v) is 2.36. The van der Waals surface area contributed by atoms with E-state index >= 15 is 0 Å². The lowest BCUT2D eigenvalue weighted by atomic mass is 10.2. The lowest BCUT2D eigenvalue weighted by Crippen LogP contribution is -2.19. The molecule has 1 heterocycles. The lowest BCUT2D eigenvalue weighted by molar-refractivity contribution is 0.261. The molecule has 3 rings (SSSR count). The van der Waals surface area contributed by atoms with Gasteiger partial charge in [-0.1, -0.05) is 46.0 Å². The summed E-state index contributed by atoms with van der Waals surface area (Å²) in [5.41, 5.74) is 1.39. The topological polar surface area (TPSA) is 80.0 Å². The number of anilines is 2. The minimum Gasteiger partial charge on any atom is -0.404 e. The molecule has 0 saturated heterocycles. The fraction of sp³-hybridized carbons (Fsp3) is 0. The molecule has 0 aliphatic heterocycles. The fourth-order valence-electron chi connectivity index (χ4n) is 1.93. The highest BCUT2D eigenvalue weighted by Crippen LogP contribution is 2.23. The summed E-state index contributed by atoms with van der Waals surface area (Å²) in [5, 5.41) is 14.1. The highest BCUT2D eigenvalue weighted by Gasteiger charge is 2.08. The van der Waals surface area contributed by atoms with Gasteiger partial charge in [0.15, 0.2) is 0 Å². The average Bonchev–Trinajstić information content (AvgIpc) is 3.05. The zero-order valence-corrected chi connectivity index (χ0v) is 15.3. The van der Waals surface area contributed by atoms with Gasteiger partial charge in [-0.3, -0.25) is 5.32 Å². The molecular weight excluding hydrogens is 399 g/mol. The van der Waals surface area contributed by atoms with Crippen molar-refractivity contribution in [3.05, 3.63) is 69.0 Å². The molecule has 0 atom stereocenters. The second-order valence-corrected chi connectivity index (χ2v) is 6.29.